The van der Waals surface area contributed by atoms with E-state index in [1.54, 1.807) is 18.2 Å². The first kappa shape index (κ1) is 15.2. The molecule has 0 bridgehead atoms. The van der Waals surface area contributed by atoms with Crippen LogP contribution in [0.3, 0.4) is 0 Å². The van der Waals surface area contributed by atoms with Gasteiger partial charge in [-0.1, -0.05) is 6.07 Å². The summed E-state index contributed by atoms with van der Waals surface area (Å²) in [5, 5.41) is 0.439. The van der Waals surface area contributed by atoms with E-state index in [0.29, 0.717) is 37.2 Å². The molecular weight excluding hydrogens is 300 g/mol. The number of H-pyrrole nitrogens is 1. The summed E-state index contributed by atoms with van der Waals surface area (Å²) in [6.45, 7) is 2.91. The van der Waals surface area contributed by atoms with Gasteiger partial charge in [-0.3, -0.25) is 14.4 Å². The summed E-state index contributed by atoms with van der Waals surface area (Å²) < 4.78 is 10.3. The van der Waals surface area contributed by atoms with Crippen LogP contribution >= 0.6 is 0 Å². The van der Waals surface area contributed by atoms with Crippen LogP contribution in [0.25, 0.3) is 10.9 Å². The average molecular weight is 316 g/mol. The van der Waals surface area contributed by atoms with Gasteiger partial charge in [0.05, 0.1) is 24.2 Å². The predicted molar refractivity (Wildman–Crippen MR) is 81.3 cm³/mol. The second-order valence-corrected chi connectivity index (χ2v) is 5.21. The summed E-state index contributed by atoms with van der Waals surface area (Å²) in [5.74, 6) is -1.43. The minimum atomic E-state index is -0.627. The first-order chi connectivity index (χ1) is 11.1. The lowest BCUT2D eigenvalue weighted by Crippen LogP contribution is -2.44. The highest BCUT2D eigenvalue weighted by molar-refractivity contribution is 6.45. The maximum absolute atomic E-state index is 12.6. The monoisotopic (exact) mass is 316 g/mol. The molecule has 0 radical (unpaired) electrons. The van der Waals surface area contributed by atoms with Gasteiger partial charge >= 0.3 is 5.97 Å². The van der Waals surface area contributed by atoms with Crippen molar-refractivity contribution < 1.29 is 23.9 Å². The number of carbonyl (C=O) groups is 3. The first-order valence-electron chi connectivity index (χ1n) is 7.28. The minimum Gasteiger partial charge on any atom is -0.426 e. The highest BCUT2D eigenvalue weighted by Crippen LogP contribution is 2.29. The number of benzene rings is 1. The van der Waals surface area contributed by atoms with E-state index in [4.69, 9.17) is 9.47 Å². The normalized spacial score (nSPS) is 14.7. The lowest BCUT2D eigenvalue weighted by Gasteiger charge is -2.26. The van der Waals surface area contributed by atoms with Crippen LogP contribution in [0.4, 0.5) is 0 Å². The molecule has 2 aromatic rings. The molecule has 0 atom stereocenters. The number of carbonyl (C=O) groups excluding carboxylic acids is 3. The van der Waals surface area contributed by atoms with Crippen molar-refractivity contribution >= 4 is 28.6 Å². The van der Waals surface area contributed by atoms with Crippen LogP contribution < -0.4 is 4.74 Å². The van der Waals surface area contributed by atoms with Gasteiger partial charge in [-0.05, 0) is 12.1 Å². The SMILES string of the molecule is CC(=O)Oc1cccc2[nH]cc(C(=O)C(=O)N3CCOCC3)c12. The van der Waals surface area contributed by atoms with Crippen LogP contribution in [-0.2, 0) is 14.3 Å². The van der Waals surface area contributed by atoms with E-state index in [1.165, 1.54) is 18.0 Å². The number of nitrogens with zero attached hydrogens (tertiary/aromatic N) is 1. The fourth-order valence-corrected chi connectivity index (χ4v) is 2.60. The number of amides is 1. The molecule has 1 N–H and O–H groups in total. The van der Waals surface area contributed by atoms with Crippen molar-refractivity contribution in [2.45, 2.75) is 6.92 Å². The van der Waals surface area contributed by atoms with E-state index in [-0.39, 0.29) is 11.3 Å². The predicted octanol–water partition coefficient (Wildman–Crippen LogP) is 1.13. The Labute approximate surface area is 132 Å². The number of hydrogen-bond donors (Lipinski definition) is 1. The molecule has 23 heavy (non-hydrogen) atoms. The number of ether oxygens (including phenoxy) is 2. The quantitative estimate of drug-likeness (QED) is 0.397. The first-order valence-corrected chi connectivity index (χ1v) is 7.28. The smallest absolute Gasteiger partial charge is 0.308 e. The maximum Gasteiger partial charge on any atom is 0.308 e. The molecular formula is C16H16N2O5. The number of Topliss-reactive ketones (excluding diaryl/α,β-unsaturated/α-hetero) is 1. The number of fused-ring (bicyclic) bond motifs is 1. The van der Waals surface area contributed by atoms with Crippen LogP contribution in [-0.4, -0.2) is 53.8 Å². The second-order valence-electron chi connectivity index (χ2n) is 5.21. The van der Waals surface area contributed by atoms with Crippen molar-refractivity contribution in [3.05, 3.63) is 30.0 Å². The second kappa shape index (κ2) is 6.21. The highest BCUT2D eigenvalue weighted by atomic mass is 16.5. The lowest BCUT2D eigenvalue weighted by atomic mass is 10.1. The molecule has 1 aromatic heterocycles. The Bertz CT molecular complexity index is 774. The standard InChI is InChI=1S/C16H16N2O5/c1-10(19)23-13-4-2-3-12-14(13)11(9-17-12)15(20)16(21)18-5-7-22-8-6-18/h2-4,9,17H,5-8H2,1H3. The number of nitrogens with one attached hydrogen (secondary N) is 1. The summed E-state index contributed by atoms with van der Waals surface area (Å²) in [6.07, 6.45) is 1.47. The van der Waals surface area contributed by atoms with Crippen molar-refractivity contribution in [2.75, 3.05) is 26.3 Å². The molecule has 1 fully saturated rings. The van der Waals surface area contributed by atoms with Gasteiger partial charge in [0.2, 0.25) is 0 Å². The minimum absolute atomic E-state index is 0.202. The number of aromatic nitrogens is 1. The van der Waals surface area contributed by atoms with E-state index < -0.39 is 17.7 Å². The molecule has 0 aliphatic carbocycles. The Kier molecular flexibility index (Phi) is 4.12. The summed E-state index contributed by atoms with van der Waals surface area (Å²) >= 11 is 0. The van der Waals surface area contributed by atoms with Crippen LogP contribution in [0.15, 0.2) is 24.4 Å². The van der Waals surface area contributed by atoms with Crippen molar-refractivity contribution in [1.29, 1.82) is 0 Å². The Morgan fingerprint density at radius 2 is 1.96 bits per heavy atom. The van der Waals surface area contributed by atoms with Gasteiger partial charge in [-0.25, -0.2) is 0 Å². The topological polar surface area (TPSA) is 88.7 Å². The van der Waals surface area contributed by atoms with Crippen LogP contribution in [0.5, 0.6) is 5.75 Å². The van der Waals surface area contributed by atoms with E-state index >= 15 is 0 Å². The van der Waals surface area contributed by atoms with Gasteiger partial charge in [-0.2, -0.15) is 0 Å². The van der Waals surface area contributed by atoms with E-state index in [0.717, 1.165) is 0 Å². The Morgan fingerprint density at radius 3 is 2.65 bits per heavy atom. The summed E-state index contributed by atoms with van der Waals surface area (Å²) in [5.41, 5.74) is 0.829. The fourth-order valence-electron chi connectivity index (χ4n) is 2.60. The summed E-state index contributed by atoms with van der Waals surface area (Å²) in [6, 6.07) is 5.04. The van der Waals surface area contributed by atoms with Gasteiger partial charge in [0.25, 0.3) is 11.7 Å². The van der Waals surface area contributed by atoms with Gasteiger partial charge in [0.1, 0.15) is 5.75 Å². The molecule has 2 heterocycles. The molecule has 0 saturated carbocycles. The molecule has 1 aliphatic rings. The third kappa shape index (κ3) is 2.95. The van der Waals surface area contributed by atoms with Crippen molar-refractivity contribution in [3.63, 3.8) is 0 Å². The van der Waals surface area contributed by atoms with E-state index in [1.807, 2.05) is 0 Å². The van der Waals surface area contributed by atoms with Crippen LogP contribution in [0.1, 0.15) is 17.3 Å². The molecule has 0 unspecified atom stereocenters. The van der Waals surface area contributed by atoms with Gasteiger partial charge in [0, 0.05) is 31.7 Å². The third-order valence-electron chi connectivity index (χ3n) is 3.66. The van der Waals surface area contributed by atoms with E-state index in [2.05, 4.69) is 4.98 Å². The van der Waals surface area contributed by atoms with Gasteiger partial charge in [0.15, 0.2) is 0 Å². The Morgan fingerprint density at radius 1 is 1.22 bits per heavy atom. The molecule has 7 heteroatoms. The molecule has 120 valence electrons. The van der Waals surface area contributed by atoms with Gasteiger partial charge < -0.3 is 19.4 Å². The average Bonchev–Trinajstić information content (AvgIpc) is 2.99. The zero-order valence-electron chi connectivity index (χ0n) is 12.6. The molecule has 1 amide bonds. The molecule has 1 saturated heterocycles. The fraction of sp³-hybridized carbons (Fsp3) is 0.312. The number of morpholine rings is 1. The van der Waals surface area contributed by atoms with Gasteiger partial charge in [-0.15, -0.1) is 0 Å². The summed E-state index contributed by atoms with van der Waals surface area (Å²) in [7, 11) is 0. The molecule has 1 aliphatic heterocycles. The Balaban J connectivity index is 1.97. The third-order valence-corrected chi connectivity index (χ3v) is 3.66. The van der Waals surface area contributed by atoms with Crippen LogP contribution in [0, 0.1) is 0 Å². The highest BCUT2D eigenvalue weighted by Gasteiger charge is 2.27. The molecule has 0 spiro atoms. The zero-order chi connectivity index (χ0) is 16.4. The lowest BCUT2D eigenvalue weighted by molar-refractivity contribution is -0.132. The van der Waals surface area contributed by atoms with Crippen molar-refractivity contribution in [3.8, 4) is 5.75 Å². The van der Waals surface area contributed by atoms with Crippen molar-refractivity contribution in [1.82, 2.24) is 9.88 Å². The summed E-state index contributed by atoms with van der Waals surface area (Å²) in [4.78, 5) is 40.6. The van der Waals surface area contributed by atoms with Crippen LogP contribution in [0.2, 0.25) is 0 Å². The number of rotatable bonds is 3. The van der Waals surface area contributed by atoms with E-state index in [9.17, 15) is 14.4 Å². The zero-order valence-corrected chi connectivity index (χ0v) is 12.6. The molecule has 7 nitrogen and oxygen atoms in total. The number of hydrogen-bond acceptors (Lipinski definition) is 5. The molecule has 3 rings (SSSR count). The Hall–Kier alpha value is -2.67. The number of aromatic amines is 1. The number of ketones is 1. The number of esters is 1. The maximum atomic E-state index is 12.6. The largest absolute Gasteiger partial charge is 0.426 e. The molecule has 1 aromatic carbocycles. The van der Waals surface area contributed by atoms with Crippen molar-refractivity contribution in [2.24, 2.45) is 0 Å².